The van der Waals surface area contributed by atoms with Gasteiger partial charge in [-0.15, -0.1) is 0 Å². The van der Waals surface area contributed by atoms with Gasteiger partial charge in [-0.05, 0) is 60.5 Å². The third-order valence-electron chi connectivity index (χ3n) is 3.51. The highest BCUT2D eigenvalue weighted by atomic mass is 79.9. The second kappa shape index (κ2) is 8.46. The first-order valence-corrected chi connectivity index (χ1v) is 8.70. The van der Waals surface area contributed by atoms with Crippen LogP contribution in [0.1, 0.15) is 19.4 Å². The quantitative estimate of drug-likeness (QED) is 0.420. The molecule has 1 unspecified atom stereocenters. The van der Waals surface area contributed by atoms with E-state index in [2.05, 4.69) is 36.2 Å². The van der Waals surface area contributed by atoms with Crippen LogP contribution in [0.3, 0.4) is 0 Å². The standard InChI is InChI=1S/C18H22BrN3O4/c1-11-6-14(8-12-7-13(19)9-20-15(11)12)26-17(24-4)16(23)22-18(2,3)10-21-25-5/h6-10,17H,1-5H3,(H,22,23). The van der Waals surface area contributed by atoms with Crippen molar-refractivity contribution in [3.05, 3.63) is 34.4 Å². The fraction of sp³-hybridized carbons (Fsp3) is 0.389. The smallest absolute Gasteiger partial charge is 0.290 e. The molecule has 1 atom stereocenters. The first kappa shape index (κ1) is 20.1. The Hall–Kier alpha value is -2.19. The highest BCUT2D eigenvalue weighted by Gasteiger charge is 2.26. The van der Waals surface area contributed by atoms with Crippen molar-refractivity contribution in [1.82, 2.24) is 10.3 Å². The average molecular weight is 424 g/mol. The first-order chi connectivity index (χ1) is 12.3. The maximum Gasteiger partial charge on any atom is 0.290 e. The van der Waals surface area contributed by atoms with Gasteiger partial charge in [0.2, 0.25) is 0 Å². The molecule has 0 aliphatic rings. The molecule has 0 saturated heterocycles. The largest absolute Gasteiger partial charge is 0.455 e. The van der Waals surface area contributed by atoms with Crippen molar-refractivity contribution in [2.75, 3.05) is 14.2 Å². The van der Waals surface area contributed by atoms with Crippen LogP contribution >= 0.6 is 15.9 Å². The number of ether oxygens (including phenoxy) is 2. The van der Waals surface area contributed by atoms with Crippen LogP contribution in [-0.2, 0) is 14.4 Å². The molecule has 0 spiro atoms. The summed E-state index contributed by atoms with van der Waals surface area (Å²) >= 11 is 3.41. The van der Waals surface area contributed by atoms with Gasteiger partial charge in [-0.25, -0.2) is 0 Å². The number of benzene rings is 1. The summed E-state index contributed by atoms with van der Waals surface area (Å²) in [5, 5.41) is 7.37. The zero-order valence-corrected chi connectivity index (χ0v) is 17.0. The molecule has 1 amide bonds. The highest BCUT2D eigenvalue weighted by Crippen LogP contribution is 2.26. The zero-order valence-electron chi connectivity index (χ0n) is 15.4. The van der Waals surface area contributed by atoms with Crippen LogP contribution in [0.4, 0.5) is 0 Å². The molecule has 8 heteroatoms. The maximum absolute atomic E-state index is 12.5. The van der Waals surface area contributed by atoms with Crippen LogP contribution in [0, 0.1) is 6.92 Å². The van der Waals surface area contributed by atoms with Gasteiger partial charge in [0.1, 0.15) is 12.9 Å². The van der Waals surface area contributed by atoms with E-state index in [0.29, 0.717) is 5.75 Å². The Labute approximate surface area is 160 Å². The molecule has 0 aliphatic heterocycles. The molecule has 140 valence electrons. The number of aryl methyl sites for hydroxylation is 1. The Bertz CT molecular complexity index is 823. The minimum atomic E-state index is -1.11. The number of carbonyl (C=O) groups excluding carboxylic acids is 1. The summed E-state index contributed by atoms with van der Waals surface area (Å²) < 4.78 is 11.8. The SMILES string of the molecule is CON=CC(C)(C)NC(=O)C(OC)Oc1cc(C)c2ncc(Br)cc2c1. The van der Waals surface area contributed by atoms with E-state index < -0.39 is 17.7 Å². The van der Waals surface area contributed by atoms with Crippen molar-refractivity contribution in [3.63, 3.8) is 0 Å². The van der Waals surface area contributed by atoms with Crippen LogP contribution in [0.15, 0.2) is 34.0 Å². The van der Waals surface area contributed by atoms with Gasteiger partial charge in [-0.2, -0.15) is 0 Å². The molecule has 2 aromatic rings. The molecule has 0 saturated carbocycles. The number of pyridine rings is 1. The summed E-state index contributed by atoms with van der Waals surface area (Å²) in [6.07, 6.45) is 2.12. The number of fused-ring (bicyclic) bond motifs is 1. The van der Waals surface area contributed by atoms with Crippen LogP contribution in [0.25, 0.3) is 10.9 Å². The summed E-state index contributed by atoms with van der Waals surface area (Å²) in [4.78, 5) is 21.5. The number of amides is 1. The van der Waals surface area contributed by atoms with E-state index in [9.17, 15) is 4.79 Å². The summed E-state index contributed by atoms with van der Waals surface area (Å²) in [6.45, 7) is 5.50. The van der Waals surface area contributed by atoms with E-state index in [1.165, 1.54) is 20.4 Å². The van der Waals surface area contributed by atoms with Gasteiger partial charge in [0.15, 0.2) is 0 Å². The minimum Gasteiger partial charge on any atom is -0.455 e. The van der Waals surface area contributed by atoms with E-state index >= 15 is 0 Å². The normalized spacial score (nSPS) is 13.0. The molecule has 26 heavy (non-hydrogen) atoms. The molecule has 1 aromatic carbocycles. The van der Waals surface area contributed by atoms with Gasteiger partial charge < -0.3 is 19.6 Å². The van der Waals surface area contributed by atoms with Gasteiger partial charge >= 0.3 is 0 Å². The van der Waals surface area contributed by atoms with E-state index in [-0.39, 0.29) is 0 Å². The van der Waals surface area contributed by atoms with Crippen molar-refractivity contribution in [3.8, 4) is 5.75 Å². The monoisotopic (exact) mass is 423 g/mol. The highest BCUT2D eigenvalue weighted by molar-refractivity contribution is 9.10. The number of hydrogen-bond donors (Lipinski definition) is 1. The van der Waals surface area contributed by atoms with Crippen LogP contribution in [0.5, 0.6) is 5.75 Å². The van der Waals surface area contributed by atoms with Crippen LogP contribution < -0.4 is 10.1 Å². The Kier molecular flexibility index (Phi) is 6.55. The van der Waals surface area contributed by atoms with E-state index in [4.69, 9.17) is 9.47 Å². The molecular weight excluding hydrogens is 402 g/mol. The molecule has 1 aromatic heterocycles. The number of halogens is 1. The fourth-order valence-corrected chi connectivity index (χ4v) is 2.71. The number of hydrogen-bond acceptors (Lipinski definition) is 6. The van der Waals surface area contributed by atoms with Crippen LogP contribution in [0.2, 0.25) is 0 Å². The Morgan fingerprint density at radius 3 is 2.73 bits per heavy atom. The second-order valence-corrected chi connectivity index (χ2v) is 7.19. The molecule has 1 N–H and O–H groups in total. The van der Waals surface area contributed by atoms with Gasteiger partial charge in [0, 0.05) is 23.2 Å². The Morgan fingerprint density at radius 2 is 2.08 bits per heavy atom. The number of oxime groups is 1. The van der Waals surface area contributed by atoms with Crippen molar-refractivity contribution >= 4 is 39.0 Å². The lowest BCUT2D eigenvalue weighted by Gasteiger charge is -2.24. The minimum absolute atomic E-state index is 0.426. The lowest BCUT2D eigenvalue weighted by atomic mass is 10.1. The maximum atomic E-state index is 12.5. The molecule has 0 fully saturated rings. The zero-order chi connectivity index (χ0) is 19.3. The average Bonchev–Trinajstić information content (AvgIpc) is 2.57. The van der Waals surface area contributed by atoms with Gasteiger partial charge in [0.05, 0.1) is 17.3 Å². The summed E-state index contributed by atoms with van der Waals surface area (Å²) in [5.74, 6) is 0.0884. The topological polar surface area (TPSA) is 82.0 Å². The van der Waals surface area contributed by atoms with E-state index in [1.54, 1.807) is 20.0 Å². The molecule has 0 radical (unpaired) electrons. The van der Waals surface area contributed by atoms with Crippen LogP contribution in [-0.4, -0.2) is 43.2 Å². The van der Waals surface area contributed by atoms with Gasteiger partial charge in [-0.1, -0.05) is 5.16 Å². The Balaban J connectivity index is 2.20. The van der Waals surface area contributed by atoms with E-state index in [1.807, 2.05) is 25.1 Å². The number of methoxy groups -OCH3 is 1. The third-order valence-corrected chi connectivity index (χ3v) is 3.95. The lowest BCUT2D eigenvalue weighted by Crippen LogP contribution is -2.51. The van der Waals surface area contributed by atoms with Crippen molar-refractivity contribution in [2.24, 2.45) is 5.16 Å². The summed E-state index contributed by atoms with van der Waals surface area (Å²) in [7, 11) is 2.84. The van der Waals surface area contributed by atoms with Gasteiger partial charge in [0.25, 0.3) is 12.2 Å². The first-order valence-electron chi connectivity index (χ1n) is 7.91. The molecule has 0 aliphatic carbocycles. The van der Waals surface area contributed by atoms with Crippen molar-refractivity contribution in [1.29, 1.82) is 0 Å². The second-order valence-electron chi connectivity index (χ2n) is 6.28. The predicted molar refractivity (Wildman–Crippen MR) is 103 cm³/mol. The van der Waals surface area contributed by atoms with Crippen molar-refractivity contribution in [2.45, 2.75) is 32.6 Å². The predicted octanol–water partition coefficient (Wildman–Crippen LogP) is 3.18. The molecule has 1 heterocycles. The molecule has 7 nitrogen and oxygen atoms in total. The molecule has 0 bridgehead atoms. The number of carbonyl (C=O) groups is 1. The number of aromatic nitrogens is 1. The summed E-state index contributed by atoms with van der Waals surface area (Å²) in [5.41, 5.74) is 1.09. The lowest BCUT2D eigenvalue weighted by molar-refractivity contribution is -0.149. The van der Waals surface area contributed by atoms with E-state index in [0.717, 1.165) is 20.9 Å². The fourth-order valence-electron chi connectivity index (χ4n) is 2.36. The van der Waals surface area contributed by atoms with Crippen molar-refractivity contribution < 1.29 is 19.1 Å². The summed E-state index contributed by atoms with van der Waals surface area (Å²) in [6, 6.07) is 5.57. The van der Waals surface area contributed by atoms with Gasteiger partial charge in [-0.3, -0.25) is 9.78 Å². The number of nitrogens with zero attached hydrogens (tertiary/aromatic N) is 2. The number of nitrogens with one attached hydrogen (secondary N) is 1. The third kappa shape index (κ3) is 5.15. The number of rotatable bonds is 7. The Morgan fingerprint density at radius 1 is 1.35 bits per heavy atom. The molecule has 2 rings (SSSR count). The molecular formula is C18H22BrN3O4.